The molecule has 2 rings (SSSR count). The fourth-order valence-electron chi connectivity index (χ4n) is 4.39. The molecular formula is C23H33NO. The summed E-state index contributed by atoms with van der Waals surface area (Å²) in [6, 6.07) is 10.7. The fraction of sp³-hybridized carbons (Fsp3) is 0.478. The van der Waals surface area contributed by atoms with Crippen LogP contribution in [0.5, 0.6) is 0 Å². The minimum atomic E-state index is -0.199. The summed E-state index contributed by atoms with van der Waals surface area (Å²) in [5.41, 5.74) is 3.83. The number of nitrogens with one attached hydrogen (secondary N) is 1. The zero-order valence-electron chi connectivity index (χ0n) is 16.0. The molecule has 1 aromatic carbocycles. The summed E-state index contributed by atoms with van der Waals surface area (Å²) in [5, 5.41) is 13.7. The molecule has 2 nitrogen and oxygen atoms in total. The van der Waals surface area contributed by atoms with Crippen LogP contribution in [-0.4, -0.2) is 24.8 Å². The van der Waals surface area contributed by atoms with Gasteiger partial charge in [-0.05, 0) is 70.2 Å². The fourth-order valence-corrected chi connectivity index (χ4v) is 4.39. The summed E-state index contributed by atoms with van der Waals surface area (Å²) in [6.07, 6.45) is 9.92. The minimum absolute atomic E-state index is 0.00887. The molecule has 0 heterocycles. The standard InChI is InChI=1S/C23H33NO/c1-5-6-12-22(18(2)3)23(16-19-10-8-7-9-11-19)14-13-21(25)15-20(23)17-24-4/h5-12,20-21,24-25H,2,13-17H2,1,3-4H3/b6-5-,22-12+. The average Bonchev–Trinajstić information content (AvgIpc) is 2.59. The first-order valence-electron chi connectivity index (χ1n) is 9.39. The van der Waals surface area contributed by atoms with Crippen LogP contribution < -0.4 is 5.32 Å². The van der Waals surface area contributed by atoms with Crippen LogP contribution in [0.15, 0.2) is 66.3 Å². The Morgan fingerprint density at radius 3 is 2.68 bits per heavy atom. The van der Waals surface area contributed by atoms with Gasteiger partial charge in [-0.25, -0.2) is 0 Å². The summed E-state index contributed by atoms with van der Waals surface area (Å²) >= 11 is 0. The highest BCUT2D eigenvalue weighted by atomic mass is 16.3. The van der Waals surface area contributed by atoms with E-state index in [9.17, 15) is 5.11 Å². The van der Waals surface area contributed by atoms with Gasteiger partial charge >= 0.3 is 0 Å². The van der Waals surface area contributed by atoms with Crippen LogP contribution in [-0.2, 0) is 6.42 Å². The Kier molecular flexibility index (Phi) is 7.22. The maximum absolute atomic E-state index is 10.3. The highest BCUT2D eigenvalue weighted by Gasteiger charge is 2.45. The van der Waals surface area contributed by atoms with Gasteiger partial charge in [-0.1, -0.05) is 60.7 Å². The molecule has 136 valence electrons. The lowest BCUT2D eigenvalue weighted by molar-refractivity contribution is 0.0302. The first-order chi connectivity index (χ1) is 12.0. The van der Waals surface area contributed by atoms with E-state index in [2.05, 4.69) is 67.4 Å². The zero-order chi connectivity index (χ0) is 18.3. The number of aliphatic hydroxyl groups excluding tert-OH is 1. The van der Waals surface area contributed by atoms with Crippen molar-refractivity contribution in [3.63, 3.8) is 0 Å². The van der Waals surface area contributed by atoms with Crippen molar-refractivity contribution in [1.29, 1.82) is 0 Å². The van der Waals surface area contributed by atoms with Gasteiger partial charge in [0.2, 0.25) is 0 Å². The minimum Gasteiger partial charge on any atom is -0.393 e. The smallest absolute Gasteiger partial charge is 0.0544 e. The molecule has 1 saturated carbocycles. The number of allylic oxidation sites excluding steroid dienone is 5. The van der Waals surface area contributed by atoms with Gasteiger partial charge in [-0.15, -0.1) is 0 Å². The van der Waals surface area contributed by atoms with E-state index in [4.69, 9.17) is 0 Å². The van der Waals surface area contributed by atoms with Crippen LogP contribution in [0.3, 0.4) is 0 Å². The summed E-state index contributed by atoms with van der Waals surface area (Å²) in [4.78, 5) is 0. The summed E-state index contributed by atoms with van der Waals surface area (Å²) in [5.74, 6) is 0.384. The predicted octanol–water partition coefficient (Wildman–Crippen LogP) is 4.67. The molecule has 3 atom stereocenters. The van der Waals surface area contributed by atoms with Crippen molar-refractivity contribution in [3.05, 3.63) is 71.8 Å². The Morgan fingerprint density at radius 1 is 1.36 bits per heavy atom. The second kappa shape index (κ2) is 9.17. The van der Waals surface area contributed by atoms with Crippen LogP contribution >= 0.6 is 0 Å². The van der Waals surface area contributed by atoms with Crippen molar-refractivity contribution < 1.29 is 5.11 Å². The molecule has 0 bridgehead atoms. The highest BCUT2D eigenvalue weighted by molar-refractivity contribution is 5.39. The van der Waals surface area contributed by atoms with E-state index < -0.39 is 0 Å². The number of hydrogen-bond acceptors (Lipinski definition) is 2. The van der Waals surface area contributed by atoms with Gasteiger partial charge in [0, 0.05) is 5.41 Å². The van der Waals surface area contributed by atoms with E-state index in [0.29, 0.717) is 5.92 Å². The van der Waals surface area contributed by atoms with E-state index in [1.54, 1.807) is 0 Å². The Balaban J connectivity index is 2.53. The third-order valence-corrected chi connectivity index (χ3v) is 5.53. The maximum Gasteiger partial charge on any atom is 0.0544 e. The third-order valence-electron chi connectivity index (χ3n) is 5.53. The van der Waals surface area contributed by atoms with E-state index in [1.807, 2.05) is 14.0 Å². The Labute approximate surface area is 153 Å². The van der Waals surface area contributed by atoms with Gasteiger partial charge in [0.1, 0.15) is 0 Å². The van der Waals surface area contributed by atoms with Crippen molar-refractivity contribution in [2.75, 3.05) is 13.6 Å². The van der Waals surface area contributed by atoms with Crippen LogP contribution in [0.2, 0.25) is 0 Å². The molecule has 0 aromatic heterocycles. The molecule has 2 heteroatoms. The Bertz CT molecular complexity index is 616. The van der Waals surface area contributed by atoms with Gasteiger partial charge in [-0.2, -0.15) is 0 Å². The van der Waals surface area contributed by atoms with Crippen LogP contribution in [0, 0.1) is 11.3 Å². The molecule has 25 heavy (non-hydrogen) atoms. The highest BCUT2D eigenvalue weighted by Crippen LogP contribution is 2.51. The first kappa shape index (κ1) is 19.7. The molecule has 1 aliphatic carbocycles. The molecule has 3 unspecified atom stereocenters. The van der Waals surface area contributed by atoms with Crippen LogP contribution in [0.1, 0.15) is 38.7 Å². The lowest BCUT2D eigenvalue weighted by Gasteiger charge is -2.48. The third kappa shape index (κ3) is 4.71. The summed E-state index contributed by atoms with van der Waals surface area (Å²) in [6.45, 7) is 9.37. The molecular weight excluding hydrogens is 306 g/mol. The zero-order valence-corrected chi connectivity index (χ0v) is 16.0. The lowest BCUT2D eigenvalue weighted by Crippen LogP contribution is -2.45. The molecule has 0 spiro atoms. The number of hydrogen-bond donors (Lipinski definition) is 2. The van der Waals surface area contributed by atoms with Gasteiger partial charge < -0.3 is 10.4 Å². The van der Waals surface area contributed by atoms with Crippen molar-refractivity contribution in [2.45, 2.75) is 45.6 Å². The molecule has 1 aromatic rings. The molecule has 1 fully saturated rings. The van der Waals surface area contributed by atoms with E-state index in [-0.39, 0.29) is 11.5 Å². The summed E-state index contributed by atoms with van der Waals surface area (Å²) < 4.78 is 0. The van der Waals surface area contributed by atoms with Crippen molar-refractivity contribution in [2.24, 2.45) is 11.3 Å². The summed E-state index contributed by atoms with van der Waals surface area (Å²) in [7, 11) is 2.00. The molecule has 0 radical (unpaired) electrons. The normalized spacial score (nSPS) is 27.6. The Hall–Kier alpha value is -1.64. The van der Waals surface area contributed by atoms with Gasteiger partial charge in [0.25, 0.3) is 0 Å². The predicted molar refractivity (Wildman–Crippen MR) is 108 cm³/mol. The van der Waals surface area contributed by atoms with Crippen molar-refractivity contribution in [1.82, 2.24) is 5.32 Å². The van der Waals surface area contributed by atoms with Crippen LogP contribution in [0.25, 0.3) is 0 Å². The second-order valence-electron chi connectivity index (χ2n) is 7.39. The van der Waals surface area contributed by atoms with E-state index in [0.717, 1.165) is 37.8 Å². The number of rotatable bonds is 7. The Morgan fingerprint density at radius 2 is 2.08 bits per heavy atom. The largest absolute Gasteiger partial charge is 0.393 e. The number of aliphatic hydroxyl groups is 1. The molecule has 2 N–H and O–H groups in total. The molecule has 0 saturated heterocycles. The molecule has 1 aliphatic rings. The molecule has 0 aliphatic heterocycles. The monoisotopic (exact) mass is 339 g/mol. The quantitative estimate of drug-likeness (QED) is 0.707. The first-order valence-corrected chi connectivity index (χ1v) is 9.39. The topological polar surface area (TPSA) is 32.3 Å². The van der Waals surface area contributed by atoms with Crippen molar-refractivity contribution in [3.8, 4) is 0 Å². The van der Waals surface area contributed by atoms with E-state index in [1.165, 1.54) is 11.1 Å². The maximum atomic E-state index is 10.3. The lowest BCUT2D eigenvalue weighted by atomic mass is 9.57. The average molecular weight is 340 g/mol. The van der Waals surface area contributed by atoms with Crippen LogP contribution in [0.4, 0.5) is 0 Å². The molecule has 0 amide bonds. The van der Waals surface area contributed by atoms with Gasteiger partial charge in [0.05, 0.1) is 6.10 Å². The van der Waals surface area contributed by atoms with E-state index >= 15 is 0 Å². The SMILES string of the molecule is C=C(C)/C(=C\C=C/C)C1(Cc2ccccc2)CCC(O)CC1CNC. The second-order valence-corrected chi connectivity index (χ2v) is 7.39. The van der Waals surface area contributed by atoms with Gasteiger partial charge in [0.15, 0.2) is 0 Å². The van der Waals surface area contributed by atoms with Crippen molar-refractivity contribution >= 4 is 0 Å². The number of benzene rings is 1. The van der Waals surface area contributed by atoms with Gasteiger partial charge in [-0.3, -0.25) is 0 Å².